The zero-order valence-corrected chi connectivity index (χ0v) is 13.5. The van der Waals surface area contributed by atoms with Gasteiger partial charge in [-0.2, -0.15) is 0 Å². The second-order valence-electron chi connectivity index (χ2n) is 4.90. The number of benzene rings is 2. The highest BCUT2D eigenvalue weighted by atomic mass is 16.5. The highest BCUT2D eigenvalue weighted by molar-refractivity contribution is 6.02. The van der Waals surface area contributed by atoms with Crippen LogP contribution in [0.1, 0.15) is 6.42 Å². The molecule has 0 saturated heterocycles. The molecule has 2 aromatic carbocycles. The number of carbonyl (C=O) groups excluding carboxylic acids is 1. The van der Waals surface area contributed by atoms with Gasteiger partial charge in [-0.1, -0.05) is 24.8 Å². The first-order valence-electron chi connectivity index (χ1n) is 7.46. The van der Waals surface area contributed by atoms with Gasteiger partial charge < -0.3 is 14.8 Å². The van der Waals surface area contributed by atoms with E-state index in [0.717, 1.165) is 11.1 Å². The molecule has 0 spiro atoms. The summed E-state index contributed by atoms with van der Waals surface area (Å²) < 4.78 is 11.1. The Labute approximate surface area is 142 Å². The molecule has 24 heavy (non-hydrogen) atoms. The molecule has 0 saturated carbocycles. The van der Waals surface area contributed by atoms with Gasteiger partial charge in [-0.25, -0.2) is 0 Å². The van der Waals surface area contributed by atoms with Crippen molar-refractivity contribution >= 4 is 11.6 Å². The predicted molar refractivity (Wildman–Crippen MR) is 96.2 cm³/mol. The van der Waals surface area contributed by atoms with Gasteiger partial charge in [-0.05, 0) is 30.3 Å². The van der Waals surface area contributed by atoms with Crippen molar-refractivity contribution in [2.45, 2.75) is 6.42 Å². The Balaban J connectivity index is 2.47. The Bertz CT molecular complexity index is 775. The molecule has 0 unspecified atom stereocenters. The zero-order chi connectivity index (χ0) is 17.4. The minimum absolute atomic E-state index is 0.285. The van der Waals surface area contributed by atoms with E-state index >= 15 is 0 Å². The van der Waals surface area contributed by atoms with E-state index in [1.165, 1.54) is 6.08 Å². The van der Waals surface area contributed by atoms with Crippen LogP contribution in [0.15, 0.2) is 55.1 Å². The number of rotatable bonds is 7. The quantitative estimate of drug-likeness (QED) is 0.478. The summed E-state index contributed by atoms with van der Waals surface area (Å²) >= 11 is 0. The number of methoxy groups -OCH3 is 1. The summed E-state index contributed by atoms with van der Waals surface area (Å²) in [5, 5.41) is 2.80. The molecule has 0 aromatic heterocycles. The first kappa shape index (κ1) is 17.2. The van der Waals surface area contributed by atoms with Crippen molar-refractivity contribution in [3.63, 3.8) is 0 Å². The normalized spacial score (nSPS) is 9.67. The minimum atomic E-state index is -0.285. The Morgan fingerprint density at radius 1 is 1.29 bits per heavy atom. The largest absolute Gasteiger partial charge is 0.497 e. The van der Waals surface area contributed by atoms with Gasteiger partial charge in [-0.3, -0.25) is 4.79 Å². The highest BCUT2D eigenvalue weighted by Gasteiger charge is 2.13. The van der Waals surface area contributed by atoms with Gasteiger partial charge in [0, 0.05) is 23.2 Å². The number of para-hydroxylation sites is 1. The van der Waals surface area contributed by atoms with Crippen molar-refractivity contribution in [3.8, 4) is 35.0 Å². The van der Waals surface area contributed by atoms with Crippen molar-refractivity contribution < 1.29 is 14.3 Å². The number of ether oxygens (including phenoxy) is 2. The lowest BCUT2D eigenvalue weighted by Gasteiger charge is -2.15. The molecule has 4 nitrogen and oxygen atoms in total. The fourth-order valence-corrected chi connectivity index (χ4v) is 2.20. The van der Waals surface area contributed by atoms with Gasteiger partial charge in [0.1, 0.15) is 11.5 Å². The van der Waals surface area contributed by atoms with Gasteiger partial charge in [0.2, 0.25) is 5.91 Å². The summed E-state index contributed by atoms with van der Waals surface area (Å²) in [6, 6.07) is 13.0. The van der Waals surface area contributed by atoms with Crippen LogP contribution in [-0.4, -0.2) is 19.6 Å². The molecule has 4 heteroatoms. The summed E-state index contributed by atoms with van der Waals surface area (Å²) in [5.41, 5.74) is 2.28. The zero-order valence-electron chi connectivity index (χ0n) is 13.5. The van der Waals surface area contributed by atoms with Gasteiger partial charge in [-0.15, -0.1) is 12.3 Å². The molecule has 0 atom stereocenters. The number of hydrogen-bond acceptors (Lipinski definition) is 3. The Kier molecular flexibility index (Phi) is 6.04. The summed E-state index contributed by atoms with van der Waals surface area (Å²) in [7, 11) is 1.59. The van der Waals surface area contributed by atoms with Crippen molar-refractivity contribution in [3.05, 3.63) is 55.1 Å². The number of carbonyl (C=O) groups is 1. The molecule has 0 aliphatic heterocycles. The lowest BCUT2D eigenvalue weighted by molar-refractivity contribution is -0.111. The van der Waals surface area contributed by atoms with Gasteiger partial charge >= 0.3 is 0 Å². The molecule has 2 aromatic rings. The molecule has 1 N–H and O–H groups in total. The lowest BCUT2D eigenvalue weighted by atomic mass is 10.0. The van der Waals surface area contributed by atoms with E-state index in [2.05, 4.69) is 17.8 Å². The van der Waals surface area contributed by atoms with Gasteiger partial charge in [0.05, 0.1) is 13.7 Å². The first-order chi connectivity index (χ1) is 11.7. The monoisotopic (exact) mass is 321 g/mol. The van der Waals surface area contributed by atoms with Crippen LogP contribution in [0.2, 0.25) is 0 Å². The second kappa shape index (κ2) is 8.44. The van der Waals surface area contributed by atoms with Crippen LogP contribution in [-0.2, 0) is 4.79 Å². The van der Waals surface area contributed by atoms with Gasteiger partial charge in [0.15, 0.2) is 0 Å². The van der Waals surface area contributed by atoms with E-state index in [1.54, 1.807) is 19.2 Å². The van der Waals surface area contributed by atoms with Crippen LogP contribution in [0, 0.1) is 12.3 Å². The molecule has 1 amide bonds. The number of amides is 1. The molecule has 0 bridgehead atoms. The third kappa shape index (κ3) is 4.17. The fraction of sp³-hybridized carbons (Fsp3) is 0.150. The van der Waals surface area contributed by atoms with E-state index in [0.29, 0.717) is 30.2 Å². The van der Waals surface area contributed by atoms with Crippen molar-refractivity contribution in [1.29, 1.82) is 0 Å². The minimum Gasteiger partial charge on any atom is -0.497 e. The Morgan fingerprint density at radius 2 is 2.08 bits per heavy atom. The highest BCUT2D eigenvalue weighted by Crippen LogP contribution is 2.37. The molecule has 0 fully saturated rings. The van der Waals surface area contributed by atoms with Crippen LogP contribution >= 0.6 is 0 Å². The van der Waals surface area contributed by atoms with Crippen LogP contribution in [0.3, 0.4) is 0 Å². The summed E-state index contributed by atoms with van der Waals surface area (Å²) in [4.78, 5) is 11.7. The maximum atomic E-state index is 11.7. The van der Waals surface area contributed by atoms with Crippen molar-refractivity contribution in [1.82, 2.24) is 0 Å². The number of anilines is 1. The van der Waals surface area contributed by atoms with E-state index < -0.39 is 0 Å². The average Bonchev–Trinajstić information content (AvgIpc) is 2.62. The maximum Gasteiger partial charge on any atom is 0.247 e. The standard InChI is InChI=1S/C20H19NO3/c1-4-6-13-24-19-10-8-7-9-16(19)17-14-15(23-3)11-12-18(17)21-20(22)5-2/h1,5,7-12,14H,2,6,13H2,3H3,(H,21,22). The van der Waals surface area contributed by atoms with Crippen molar-refractivity contribution in [2.75, 3.05) is 19.0 Å². The third-order valence-electron chi connectivity index (χ3n) is 3.35. The molecule has 0 heterocycles. The smallest absolute Gasteiger partial charge is 0.247 e. The topological polar surface area (TPSA) is 47.6 Å². The number of hydrogen-bond donors (Lipinski definition) is 1. The van der Waals surface area contributed by atoms with Gasteiger partial charge in [0.25, 0.3) is 0 Å². The number of nitrogens with one attached hydrogen (secondary N) is 1. The molecule has 0 aliphatic rings. The fourth-order valence-electron chi connectivity index (χ4n) is 2.20. The summed E-state index contributed by atoms with van der Waals surface area (Å²) in [6.07, 6.45) is 7.02. The molecule has 2 rings (SSSR count). The van der Waals surface area contributed by atoms with E-state index in [-0.39, 0.29) is 5.91 Å². The van der Waals surface area contributed by atoms with Crippen LogP contribution in [0.5, 0.6) is 11.5 Å². The second-order valence-corrected chi connectivity index (χ2v) is 4.90. The van der Waals surface area contributed by atoms with E-state index in [4.69, 9.17) is 15.9 Å². The lowest BCUT2D eigenvalue weighted by Crippen LogP contribution is -2.08. The molecule has 0 aliphatic carbocycles. The molecular weight excluding hydrogens is 302 g/mol. The van der Waals surface area contributed by atoms with E-state index in [9.17, 15) is 4.79 Å². The van der Waals surface area contributed by atoms with Crippen LogP contribution < -0.4 is 14.8 Å². The van der Waals surface area contributed by atoms with Crippen LogP contribution in [0.25, 0.3) is 11.1 Å². The third-order valence-corrected chi connectivity index (χ3v) is 3.35. The Hall–Kier alpha value is -3.19. The SMILES string of the molecule is C#CCCOc1ccccc1-c1cc(OC)ccc1NC(=O)C=C. The number of terminal acetylenes is 1. The summed E-state index contributed by atoms with van der Waals surface area (Å²) in [6.45, 7) is 3.90. The van der Waals surface area contributed by atoms with Crippen molar-refractivity contribution in [2.24, 2.45) is 0 Å². The van der Waals surface area contributed by atoms with E-state index in [1.807, 2.05) is 30.3 Å². The summed E-state index contributed by atoms with van der Waals surface area (Å²) in [5.74, 6) is 3.63. The average molecular weight is 321 g/mol. The molecular formula is C20H19NO3. The van der Waals surface area contributed by atoms with Crippen LogP contribution in [0.4, 0.5) is 5.69 Å². The maximum absolute atomic E-state index is 11.7. The molecule has 0 radical (unpaired) electrons. The predicted octanol–water partition coefficient (Wildman–Crippen LogP) is 3.89. The first-order valence-corrected chi connectivity index (χ1v) is 7.46. The molecule has 122 valence electrons. The Morgan fingerprint density at radius 3 is 2.79 bits per heavy atom.